The lowest BCUT2D eigenvalue weighted by molar-refractivity contribution is 0.373. The molecule has 4 nitrogen and oxygen atoms in total. The highest BCUT2D eigenvalue weighted by atomic mass is 32.1. The Balaban J connectivity index is 1.70. The van der Waals surface area contributed by atoms with Crippen molar-refractivity contribution in [1.29, 1.82) is 0 Å². The van der Waals surface area contributed by atoms with Crippen LogP contribution in [-0.4, -0.2) is 68.3 Å². The predicted octanol–water partition coefficient (Wildman–Crippen LogP) is 1.63. The highest BCUT2D eigenvalue weighted by molar-refractivity contribution is 7.80. The molecule has 1 heterocycles. The van der Waals surface area contributed by atoms with Crippen LogP contribution < -0.4 is 10.2 Å². The van der Waals surface area contributed by atoms with E-state index in [2.05, 4.69) is 64.4 Å². The Morgan fingerprint density at radius 2 is 1.81 bits per heavy atom. The molecule has 0 aromatic heterocycles. The van der Waals surface area contributed by atoms with Crippen LogP contribution in [0.4, 0.5) is 5.69 Å². The first-order valence-corrected chi connectivity index (χ1v) is 8.05. The van der Waals surface area contributed by atoms with Crippen LogP contribution in [0.25, 0.3) is 0 Å². The van der Waals surface area contributed by atoms with Crippen molar-refractivity contribution in [2.45, 2.75) is 6.42 Å². The molecule has 0 radical (unpaired) electrons. The summed E-state index contributed by atoms with van der Waals surface area (Å²) in [5.74, 6) is 0. The zero-order chi connectivity index (χ0) is 15.1. The van der Waals surface area contributed by atoms with Crippen molar-refractivity contribution in [2.75, 3.05) is 58.3 Å². The van der Waals surface area contributed by atoms with E-state index in [0.717, 1.165) is 50.8 Å². The number of para-hydroxylation sites is 1. The Morgan fingerprint density at radius 1 is 1.14 bits per heavy atom. The predicted molar refractivity (Wildman–Crippen MR) is 94.0 cm³/mol. The van der Waals surface area contributed by atoms with E-state index in [1.54, 1.807) is 0 Å². The van der Waals surface area contributed by atoms with Gasteiger partial charge in [0.25, 0.3) is 0 Å². The van der Waals surface area contributed by atoms with Gasteiger partial charge in [0, 0.05) is 38.4 Å². The smallest absolute Gasteiger partial charge is 0.169 e. The second-order valence-corrected chi connectivity index (χ2v) is 6.09. The van der Waals surface area contributed by atoms with Gasteiger partial charge >= 0.3 is 0 Å². The van der Waals surface area contributed by atoms with Crippen LogP contribution in [0.2, 0.25) is 0 Å². The molecule has 5 heteroatoms. The Kier molecular flexibility index (Phi) is 6.26. The second kappa shape index (κ2) is 8.20. The summed E-state index contributed by atoms with van der Waals surface area (Å²) in [4.78, 5) is 6.90. The Hall–Kier alpha value is -1.33. The fraction of sp³-hybridized carbons (Fsp3) is 0.562. The summed E-state index contributed by atoms with van der Waals surface area (Å²) in [5.41, 5.74) is 1.31. The van der Waals surface area contributed by atoms with E-state index in [4.69, 9.17) is 12.2 Å². The van der Waals surface area contributed by atoms with Gasteiger partial charge in [-0.15, -0.1) is 0 Å². The van der Waals surface area contributed by atoms with Crippen molar-refractivity contribution in [3.8, 4) is 0 Å². The lowest BCUT2D eigenvalue weighted by atomic mass is 10.2. The molecule has 1 fully saturated rings. The molecule has 0 spiro atoms. The van der Waals surface area contributed by atoms with Crippen molar-refractivity contribution < 1.29 is 0 Å². The molecule has 1 saturated heterocycles. The van der Waals surface area contributed by atoms with E-state index in [0.29, 0.717) is 0 Å². The lowest BCUT2D eigenvalue weighted by Gasteiger charge is -2.37. The molecule has 1 aromatic carbocycles. The fourth-order valence-electron chi connectivity index (χ4n) is 2.51. The summed E-state index contributed by atoms with van der Waals surface area (Å²) in [5, 5.41) is 4.28. The number of hydrogen-bond acceptors (Lipinski definition) is 3. The normalized spacial score (nSPS) is 15.4. The maximum atomic E-state index is 5.49. The van der Waals surface area contributed by atoms with Gasteiger partial charge in [0.15, 0.2) is 5.11 Å². The molecule has 0 atom stereocenters. The van der Waals surface area contributed by atoms with Gasteiger partial charge < -0.3 is 20.0 Å². The molecule has 1 aromatic rings. The minimum absolute atomic E-state index is 0.904. The minimum Gasteiger partial charge on any atom is -0.368 e. The van der Waals surface area contributed by atoms with E-state index in [1.807, 2.05) is 0 Å². The van der Waals surface area contributed by atoms with Crippen molar-refractivity contribution in [1.82, 2.24) is 15.1 Å². The van der Waals surface area contributed by atoms with Gasteiger partial charge in [-0.25, -0.2) is 0 Å². The third-order valence-corrected chi connectivity index (χ3v) is 4.15. The number of nitrogens with zero attached hydrogens (tertiary/aromatic N) is 3. The van der Waals surface area contributed by atoms with E-state index in [9.17, 15) is 0 Å². The first kappa shape index (κ1) is 16.0. The van der Waals surface area contributed by atoms with E-state index in [-0.39, 0.29) is 0 Å². The number of nitrogens with one attached hydrogen (secondary N) is 1. The lowest BCUT2D eigenvalue weighted by Crippen LogP contribution is -2.52. The zero-order valence-corrected chi connectivity index (χ0v) is 13.9. The summed E-state index contributed by atoms with van der Waals surface area (Å²) < 4.78 is 0. The monoisotopic (exact) mass is 306 g/mol. The van der Waals surface area contributed by atoms with E-state index < -0.39 is 0 Å². The van der Waals surface area contributed by atoms with Gasteiger partial charge in [0.2, 0.25) is 0 Å². The quantitative estimate of drug-likeness (QED) is 0.658. The third kappa shape index (κ3) is 5.17. The Bertz CT molecular complexity index is 427. The summed E-state index contributed by atoms with van der Waals surface area (Å²) in [6, 6.07) is 10.6. The molecule has 0 unspecified atom stereocenters. The van der Waals surface area contributed by atoms with Crippen molar-refractivity contribution in [3.05, 3.63) is 30.3 Å². The highest BCUT2D eigenvalue weighted by Crippen LogP contribution is 2.15. The average Bonchev–Trinajstić information content (AvgIpc) is 2.52. The first-order valence-electron chi connectivity index (χ1n) is 7.64. The number of anilines is 1. The number of hydrogen-bond donors (Lipinski definition) is 1. The molecular weight excluding hydrogens is 280 g/mol. The first-order chi connectivity index (χ1) is 10.2. The summed E-state index contributed by atoms with van der Waals surface area (Å²) in [7, 11) is 4.20. The average molecular weight is 306 g/mol. The Morgan fingerprint density at radius 3 is 2.43 bits per heavy atom. The van der Waals surface area contributed by atoms with Gasteiger partial charge in [-0.2, -0.15) is 0 Å². The van der Waals surface area contributed by atoms with Crippen molar-refractivity contribution >= 4 is 23.0 Å². The molecule has 0 amide bonds. The number of thiocarbonyl (C=S) groups is 1. The van der Waals surface area contributed by atoms with Crippen LogP contribution in [0.5, 0.6) is 0 Å². The summed E-state index contributed by atoms with van der Waals surface area (Å²) in [6.07, 6.45) is 1.12. The molecule has 1 aliphatic heterocycles. The Labute approximate surface area is 133 Å². The van der Waals surface area contributed by atoms with Crippen LogP contribution in [0.3, 0.4) is 0 Å². The standard InChI is InChI=1S/C16H26N4S/c1-18(2)10-6-9-17-16(21)20-13-11-19(12-14-20)15-7-4-3-5-8-15/h3-5,7-8H,6,9-14H2,1-2H3,(H,17,21). The van der Waals surface area contributed by atoms with Crippen LogP contribution >= 0.6 is 12.2 Å². The molecule has 0 saturated carbocycles. The van der Waals surface area contributed by atoms with Crippen molar-refractivity contribution in [3.63, 3.8) is 0 Å². The molecule has 0 bridgehead atoms. The fourth-order valence-corrected chi connectivity index (χ4v) is 2.79. The summed E-state index contributed by atoms with van der Waals surface area (Å²) >= 11 is 5.49. The van der Waals surface area contributed by atoms with E-state index >= 15 is 0 Å². The highest BCUT2D eigenvalue weighted by Gasteiger charge is 2.18. The third-order valence-electron chi connectivity index (χ3n) is 3.75. The molecule has 0 aliphatic carbocycles. The number of rotatable bonds is 5. The molecule has 2 rings (SSSR count). The topological polar surface area (TPSA) is 21.8 Å². The number of piperazine rings is 1. The van der Waals surface area contributed by atoms with E-state index in [1.165, 1.54) is 5.69 Å². The molecule has 21 heavy (non-hydrogen) atoms. The van der Waals surface area contributed by atoms with Gasteiger partial charge in [0.1, 0.15) is 0 Å². The molecule has 116 valence electrons. The zero-order valence-electron chi connectivity index (χ0n) is 13.1. The second-order valence-electron chi connectivity index (χ2n) is 5.70. The maximum Gasteiger partial charge on any atom is 0.169 e. The van der Waals surface area contributed by atoms with Gasteiger partial charge in [-0.3, -0.25) is 0 Å². The summed E-state index contributed by atoms with van der Waals surface area (Å²) in [6.45, 7) is 6.10. The van der Waals surface area contributed by atoms with Crippen LogP contribution in [0.1, 0.15) is 6.42 Å². The minimum atomic E-state index is 0.904. The molecule has 1 aliphatic rings. The molecule has 1 N–H and O–H groups in total. The van der Waals surface area contributed by atoms with Crippen LogP contribution in [0, 0.1) is 0 Å². The van der Waals surface area contributed by atoms with Crippen LogP contribution in [0.15, 0.2) is 30.3 Å². The SMILES string of the molecule is CN(C)CCCNC(=S)N1CCN(c2ccccc2)CC1. The van der Waals surface area contributed by atoms with Gasteiger partial charge in [0.05, 0.1) is 0 Å². The molecular formula is C16H26N4S. The van der Waals surface area contributed by atoms with Gasteiger partial charge in [-0.05, 0) is 51.4 Å². The van der Waals surface area contributed by atoms with Gasteiger partial charge in [-0.1, -0.05) is 18.2 Å². The number of benzene rings is 1. The van der Waals surface area contributed by atoms with Crippen molar-refractivity contribution in [2.24, 2.45) is 0 Å². The maximum absolute atomic E-state index is 5.49. The largest absolute Gasteiger partial charge is 0.368 e. The van der Waals surface area contributed by atoms with Crippen LogP contribution in [-0.2, 0) is 0 Å².